The van der Waals surface area contributed by atoms with E-state index in [1.54, 1.807) is 31.2 Å². The number of amides is 1. The van der Waals surface area contributed by atoms with Crippen molar-refractivity contribution in [2.24, 2.45) is 0 Å². The highest BCUT2D eigenvalue weighted by Gasteiger charge is 2.30. The lowest BCUT2D eigenvalue weighted by Crippen LogP contribution is -2.30. The minimum absolute atomic E-state index is 0.150. The number of nitriles is 1. The predicted molar refractivity (Wildman–Crippen MR) is 114 cm³/mol. The number of benzene rings is 2. The predicted octanol–water partition coefficient (Wildman–Crippen LogP) is 2.90. The van der Waals surface area contributed by atoms with E-state index >= 15 is 0 Å². The molecule has 1 aliphatic heterocycles. The van der Waals surface area contributed by atoms with Gasteiger partial charge in [-0.25, -0.2) is 4.79 Å². The Morgan fingerprint density at radius 3 is 2.75 bits per heavy atom. The van der Waals surface area contributed by atoms with E-state index in [1.807, 2.05) is 6.07 Å². The number of rotatable bonds is 10. The van der Waals surface area contributed by atoms with Gasteiger partial charge in [-0.15, -0.1) is 0 Å². The molecule has 32 heavy (non-hydrogen) atoms. The van der Waals surface area contributed by atoms with Crippen LogP contribution in [0.5, 0.6) is 11.5 Å². The van der Waals surface area contributed by atoms with E-state index in [0.717, 1.165) is 0 Å². The molecule has 2 aromatic carbocycles. The van der Waals surface area contributed by atoms with Crippen molar-refractivity contribution >= 4 is 17.7 Å². The van der Waals surface area contributed by atoms with Crippen LogP contribution in [-0.2, 0) is 16.1 Å². The Kier molecular flexibility index (Phi) is 7.24. The average molecular weight is 434 g/mol. The molecule has 0 aromatic heterocycles. The molecule has 0 saturated heterocycles. The molecule has 1 amide bonds. The molecule has 0 saturated carbocycles. The average Bonchev–Trinajstić information content (AvgIpc) is 3.10. The van der Waals surface area contributed by atoms with Gasteiger partial charge < -0.3 is 19.1 Å². The molecule has 1 heterocycles. The van der Waals surface area contributed by atoms with Crippen molar-refractivity contribution in [3.05, 3.63) is 71.3 Å². The van der Waals surface area contributed by atoms with Crippen LogP contribution in [0.4, 0.5) is 0 Å². The normalized spacial score (nSPS) is 12.0. The number of carbonyl (C=O) groups is 3. The van der Waals surface area contributed by atoms with Gasteiger partial charge in [0.25, 0.3) is 5.91 Å². The summed E-state index contributed by atoms with van der Waals surface area (Å²) in [6.45, 7) is 5.54. The Labute approximate surface area is 185 Å². The summed E-state index contributed by atoms with van der Waals surface area (Å²) < 4.78 is 15.8. The third kappa shape index (κ3) is 5.13. The van der Waals surface area contributed by atoms with Gasteiger partial charge in [0.1, 0.15) is 18.1 Å². The molecule has 0 aliphatic carbocycles. The summed E-state index contributed by atoms with van der Waals surface area (Å²) in [5.74, 6) is -0.495. The second-order valence-corrected chi connectivity index (χ2v) is 6.92. The molecule has 0 N–H and O–H groups in total. The van der Waals surface area contributed by atoms with E-state index in [0.29, 0.717) is 22.4 Å². The first kappa shape index (κ1) is 22.6. The van der Waals surface area contributed by atoms with Crippen molar-refractivity contribution in [1.82, 2.24) is 4.90 Å². The number of fused-ring (bicyclic) bond motifs is 1. The highest BCUT2D eigenvalue weighted by atomic mass is 16.6. The molecule has 0 fully saturated rings. The van der Waals surface area contributed by atoms with Crippen LogP contribution in [0.25, 0.3) is 0 Å². The number of esters is 1. The lowest BCUT2D eigenvalue weighted by molar-refractivity contribution is -0.145. The van der Waals surface area contributed by atoms with E-state index in [9.17, 15) is 14.4 Å². The number of ether oxygens (including phenoxy) is 3. The smallest absolute Gasteiger partial charge is 0.344 e. The van der Waals surface area contributed by atoms with Crippen molar-refractivity contribution in [2.75, 3.05) is 26.4 Å². The summed E-state index contributed by atoms with van der Waals surface area (Å²) in [6, 6.07) is 11.5. The van der Waals surface area contributed by atoms with Crippen LogP contribution in [0.15, 0.2) is 49.1 Å². The molecule has 0 unspecified atom stereocenters. The summed E-state index contributed by atoms with van der Waals surface area (Å²) in [5.41, 5.74) is 1.94. The summed E-state index contributed by atoms with van der Waals surface area (Å²) >= 11 is 0. The summed E-state index contributed by atoms with van der Waals surface area (Å²) in [7, 11) is 0. The molecule has 0 spiro atoms. The molecule has 2 aromatic rings. The molecular weight excluding hydrogens is 412 g/mol. The van der Waals surface area contributed by atoms with Crippen LogP contribution < -0.4 is 9.47 Å². The van der Waals surface area contributed by atoms with Gasteiger partial charge in [-0.05, 0) is 42.8 Å². The SMILES string of the molecule is C=CCOc1cc(OCC(=O)OCC)ccc1C(=O)CN1Cc2cc(C#N)ccc2C1=O. The second kappa shape index (κ2) is 10.3. The number of nitrogens with zero attached hydrogens (tertiary/aromatic N) is 2. The van der Waals surface area contributed by atoms with Crippen molar-refractivity contribution in [3.63, 3.8) is 0 Å². The van der Waals surface area contributed by atoms with Gasteiger partial charge in [-0.2, -0.15) is 5.26 Å². The van der Waals surface area contributed by atoms with E-state index < -0.39 is 5.97 Å². The fourth-order valence-corrected chi connectivity index (χ4v) is 3.27. The Morgan fingerprint density at radius 2 is 2.03 bits per heavy atom. The molecule has 8 heteroatoms. The Balaban J connectivity index is 1.75. The highest BCUT2D eigenvalue weighted by molar-refractivity contribution is 6.05. The van der Waals surface area contributed by atoms with Crippen LogP contribution in [0.2, 0.25) is 0 Å². The van der Waals surface area contributed by atoms with Gasteiger partial charge in [0.05, 0.1) is 30.3 Å². The number of carbonyl (C=O) groups excluding carboxylic acids is 3. The lowest BCUT2D eigenvalue weighted by atomic mass is 10.1. The van der Waals surface area contributed by atoms with Crippen molar-refractivity contribution in [1.29, 1.82) is 5.26 Å². The Bertz CT molecular complexity index is 1100. The molecule has 0 radical (unpaired) electrons. The molecular formula is C24H22N2O6. The minimum atomic E-state index is -0.507. The Hall–Kier alpha value is -4.12. The van der Waals surface area contributed by atoms with Crippen LogP contribution in [0.1, 0.15) is 38.8 Å². The van der Waals surface area contributed by atoms with E-state index in [4.69, 9.17) is 19.5 Å². The zero-order valence-corrected chi connectivity index (χ0v) is 17.6. The monoisotopic (exact) mass is 434 g/mol. The maximum atomic E-state index is 13.0. The van der Waals surface area contributed by atoms with Crippen LogP contribution in [0.3, 0.4) is 0 Å². The first-order valence-corrected chi connectivity index (χ1v) is 9.98. The van der Waals surface area contributed by atoms with Gasteiger partial charge in [0.2, 0.25) is 0 Å². The number of ketones is 1. The Morgan fingerprint density at radius 1 is 1.22 bits per heavy atom. The van der Waals surface area contributed by atoms with Crippen molar-refractivity contribution in [3.8, 4) is 17.6 Å². The fourth-order valence-electron chi connectivity index (χ4n) is 3.27. The first-order chi connectivity index (χ1) is 15.5. The maximum Gasteiger partial charge on any atom is 0.344 e. The summed E-state index contributed by atoms with van der Waals surface area (Å²) in [4.78, 5) is 38.6. The number of Topliss-reactive ketones (excluding diaryl/α,β-unsaturated/α-hetero) is 1. The maximum absolute atomic E-state index is 13.0. The number of hydrogen-bond donors (Lipinski definition) is 0. The van der Waals surface area contributed by atoms with Gasteiger partial charge in [0.15, 0.2) is 12.4 Å². The topological polar surface area (TPSA) is 106 Å². The third-order valence-corrected chi connectivity index (χ3v) is 4.72. The molecule has 0 atom stereocenters. The van der Waals surface area contributed by atoms with Gasteiger partial charge in [-0.3, -0.25) is 9.59 Å². The van der Waals surface area contributed by atoms with E-state index in [-0.39, 0.29) is 55.9 Å². The van der Waals surface area contributed by atoms with E-state index in [1.165, 1.54) is 23.1 Å². The quantitative estimate of drug-likeness (QED) is 0.322. The molecule has 1 aliphatic rings. The summed E-state index contributed by atoms with van der Waals surface area (Å²) in [6.07, 6.45) is 1.54. The lowest BCUT2D eigenvalue weighted by Gasteiger charge is -2.17. The fraction of sp³-hybridized carbons (Fsp3) is 0.250. The molecule has 3 rings (SSSR count). The summed E-state index contributed by atoms with van der Waals surface area (Å²) in [5, 5.41) is 9.05. The third-order valence-electron chi connectivity index (χ3n) is 4.72. The van der Waals surface area contributed by atoms with Crippen molar-refractivity contribution < 1.29 is 28.6 Å². The van der Waals surface area contributed by atoms with Crippen LogP contribution in [0, 0.1) is 11.3 Å². The van der Waals surface area contributed by atoms with Gasteiger partial charge in [0, 0.05) is 18.2 Å². The zero-order chi connectivity index (χ0) is 23.1. The first-order valence-electron chi connectivity index (χ1n) is 9.98. The minimum Gasteiger partial charge on any atom is -0.489 e. The largest absolute Gasteiger partial charge is 0.489 e. The van der Waals surface area contributed by atoms with Gasteiger partial charge in [-0.1, -0.05) is 12.7 Å². The molecule has 164 valence electrons. The van der Waals surface area contributed by atoms with E-state index in [2.05, 4.69) is 6.58 Å². The standard InChI is InChI=1S/C24H22N2O6/c1-3-9-31-22-11-18(32-15-23(28)30-4-2)6-8-20(22)21(27)14-26-13-17-10-16(12-25)5-7-19(17)24(26)29/h3,5-8,10-11H,1,4,9,13-15H2,2H3. The second-order valence-electron chi connectivity index (χ2n) is 6.92. The van der Waals surface area contributed by atoms with Crippen LogP contribution in [-0.4, -0.2) is 48.9 Å². The number of hydrogen-bond acceptors (Lipinski definition) is 7. The van der Waals surface area contributed by atoms with Crippen molar-refractivity contribution in [2.45, 2.75) is 13.5 Å². The highest BCUT2D eigenvalue weighted by Crippen LogP contribution is 2.28. The molecule has 0 bridgehead atoms. The molecule has 8 nitrogen and oxygen atoms in total. The van der Waals surface area contributed by atoms with Crippen LogP contribution >= 0.6 is 0 Å². The van der Waals surface area contributed by atoms with Gasteiger partial charge >= 0.3 is 5.97 Å². The zero-order valence-electron chi connectivity index (χ0n) is 17.6.